The average molecular weight is 279 g/mol. The van der Waals surface area contributed by atoms with E-state index in [4.69, 9.17) is 5.11 Å². The summed E-state index contributed by atoms with van der Waals surface area (Å²) >= 11 is 0. The molecular weight excluding hydrogens is 261 g/mol. The normalized spacial score (nSPS) is 13.9. The molecule has 0 fully saturated rings. The van der Waals surface area contributed by atoms with Crippen LogP contribution in [-0.4, -0.2) is 28.4 Å². The van der Waals surface area contributed by atoms with E-state index in [0.717, 1.165) is 5.56 Å². The Labute approximate surface area is 117 Å². The smallest absolute Gasteiger partial charge is 0.303 e. The van der Waals surface area contributed by atoms with Crippen LogP contribution in [0.4, 0.5) is 4.39 Å². The fourth-order valence-electron chi connectivity index (χ4n) is 2.49. The molecule has 0 spiro atoms. The van der Waals surface area contributed by atoms with Crippen LogP contribution in [0.25, 0.3) is 0 Å². The highest BCUT2D eigenvalue weighted by Crippen LogP contribution is 2.22. The Hall–Kier alpha value is -1.91. The number of halogens is 1. The van der Waals surface area contributed by atoms with Gasteiger partial charge in [0.2, 0.25) is 5.91 Å². The van der Waals surface area contributed by atoms with Crippen molar-refractivity contribution in [2.24, 2.45) is 0 Å². The minimum Gasteiger partial charge on any atom is -0.481 e. The van der Waals surface area contributed by atoms with Crippen molar-refractivity contribution in [1.82, 2.24) is 4.90 Å². The molecule has 1 aliphatic heterocycles. The molecule has 0 bridgehead atoms. The summed E-state index contributed by atoms with van der Waals surface area (Å²) in [6.45, 7) is 0.983. The van der Waals surface area contributed by atoms with Gasteiger partial charge in [-0.25, -0.2) is 4.39 Å². The van der Waals surface area contributed by atoms with E-state index in [1.54, 1.807) is 11.0 Å². The molecule has 4 nitrogen and oxygen atoms in total. The molecular formula is C15H18FNO3. The van der Waals surface area contributed by atoms with Gasteiger partial charge in [0.1, 0.15) is 5.82 Å². The van der Waals surface area contributed by atoms with E-state index in [1.165, 1.54) is 6.07 Å². The second-order valence-electron chi connectivity index (χ2n) is 5.04. The summed E-state index contributed by atoms with van der Waals surface area (Å²) in [5, 5.41) is 8.53. The van der Waals surface area contributed by atoms with Gasteiger partial charge in [-0.3, -0.25) is 9.59 Å². The number of rotatable bonds is 5. The minimum atomic E-state index is -0.833. The van der Waals surface area contributed by atoms with E-state index < -0.39 is 5.97 Å². The van der Waals surface area contributed by atoms with Gasteiger partial charge in [-0.2, -0.15) is 0 Å². The lowest BCUT2D eigenvalue weighted by molar-refractivity contribution is -0.137. The lowest BCUT2D eigenvalue weighted by Gasteiger charge is -2.29. The third kappa shape index (κ3) is 3.56. The van der Waals surface area contributed by atoms with Crippen molar-refractivity contribution in [2.45, 2.75) is 38.6 Å². The van der Waals surface area contributed by atoms with Gasteiger partial charge in [-0.1, -0.05) is 12.1 Å². The molecule has 0 radical (unpaired) electrons. The number of aliphatic carboxylic acids is 1. The number of fused-ring (bicyclic) bond motifs is 1. The van der Waals surface area contributed by atoms with E-state index in [9.17, 15) is 14.0 Å². The maximum absolute atomic E-state index is 13.6. The van der Waals surface area contributed by atoms with Gasteiger partial charge >= 0.3 is 5.97 Å². The highest BCUT2D eigenvalue weighted by Gasteiger charge is 2.22. The molecule has 1 heterocycles. The maximum atomic E-state index is 13.6. The van der Waals surface area contributed by atoms with Crippen LogP contribution in [0.1, 0.15) is 36.8 Å². The van der Waals surface area contributed by atoms with Crippen LogP contribution >= 0.6 is 0 Å². The standard InChI is InChI=1S/C15H18FNO3/c16-13-5-3-4-11-10-17(9-8-12(11)13)14(18)6-1-2-7-15(19)20/h3-5H,1-2,6-10H2,(H,19,20). The Morgan fingerprint density at radius 1 is 1.25 bits per heavy atom. The van der Waals surface area contributed by atoms with Crippen molar-refractivity contribution >= 4 is 11.9 Å². The topological polar surface area (TPSA) is 57.6 Å². The summed E-state index contributed by atoms with van der Waals surface area (Å²) in [4.78, 5) is 24.1. The molecule has 1 N–H and O–H groups in total. The van der Waals surface area contributed by atoms with Crippen molar-refractivity contribution < 1.29 is 19.1 Å². The summed E-state index contributed by atoms with van der Waals surface area (Å²) in [5.41, 5.74) is 1.58. The molecule has 1 aliphatic rings. The quantitative estimate of drug-likeness (QED) is 0.842. The third-order valence-corrected chi connectivity index (χ3v) is 3.59. The van der Waals surface area contributed by atoms with E-state index in [-0.39, 0.29) is 18.1 Å². The van der Waals surface area contributed by atoms with Crippen molar-refractivity contribution in [3.05, 3.63) is 35.1 Å². The van der Waals surface area contributed by atoms with Gasteiger partial charge in [-0.15, -0.1) is 0 Å². The van der Waals surface area contributed by atoms with Crippen LogP contribution in [0.15, 0.2) is 18.2 Å². The van der Waals surface area contributed by atoms with E-state index in [1.807, 2.05) is 6.07 Å². The number of amides is 1. The SMILES string of the molecule is O=C(O)CCCCC(=O)N1CCc2c(F)cccc2C1. The fraction of sp³-hybridized carbons (Fsp3) is 0.467. The molecule has 20 heavy (non-hydrogen) atoms. The zero-order valence-corrected chi connectivity index (χ0v) is 11.3. The number of hydrogen-bond acceptors (Lipinski definition) is 2. The number of benzene rings is 1. The fourth-order valence-corrected chi connectivity index (χ4v) is 2.49. The minimum absolute atomic E-state index is 0.0188. The van der Waals surface area contributed by atoms with Crippen LogP contribution < -0.4 is 0 Å². The van der Waals surface area contributed by atoms with E-state index in [0.29, 0.717) is 44.3 Å². The molecule has 0 aromatic heterocycles. The van der Waals surface area contributed by atoms with Gasteiger partial charge < -0.3 is 10.0 Å². The Bertz CT molecular complexity index is 516. The lowest BCUT2D eigenvalue weighted by atomic mass is 9.99. The first kappa shape index (κ1) is 14.5. The molecule has 1 aromatic rings. The highest BCUT2D eigenvalue weighted by molar-refractivity contribution is 5.76. The molecule has 5 heteroatoms. The number of hydrogen-bond donors (Lipinski definition) is 1. The van der Waals surface area contributed by atoms with Crippen LogP contribution in [-0.2, 0) is 22.6 Å². The summed E-state index contributed by atoms with van der Waals surface area (Å²) in [7, 11) is 0. The number of unbranched alkanes of at least 4 members (excludes halogenated alkanes) is 1. The molecule has 0 saturated heterocycles. The largest absolute Gasteiger partial charge is 0.481 e. The monoisotopic (exact) mass is 279 g/mol. The highest BCUT2D eigenvalue weighted by atomic mass is 19.1. The summed E-state index contributed by atoms with van der Waals surface area (Å²) < 4.78 is 13.6. The Kier molecular flexibility index (Phi) is 4.71. The van der Waals surface area contributed by atoms with Crippen LogP contribution in [0, 0.1) is 5.82 Å². The van der Waals surface area contributed by atoms with Crippen LogP contribution in [0.2, 0.25) is 0 Å². The number of carboxylic acid groups (broad SMARTS) is 1. The Morgan fingerprint density at radius 3 is 2.75 bits per heavy atom. The summed E-state index contributed by atoms with van der Waals surface area (Å²) in [5.74, 6) is -1.01. The van der Waals surface area contributed by atoms with Crippen molar-refractivity contribution in [3.8, 4) is 0 Å². The predicted molar refractivity (Wildman–Crippen MR) is 71.6 cm³/mol. The first-order chi connectivity index (χ1) is 9.58. The molecule has 0 aliphatic carbocycles. The Morgan fingerprint density at radius 2 is 2.00 bits per heavy atom. The lowest BCUT2D eigenvalue weighted by Crippen LogP contribution is -2.36. The van der Waals surface area contributed by atoms with Crippen molar-refractivity contribution in [2.75, 3.05) is 6.54 Å². The Balaban J connectivity index is 1.86. The molecule has 0 saturated carbocycles. The predicted octanol–water partition coefficient (Wildman–Crippen LogP) is 2.36. The zero-order valence-electron chi connectivity index (χ0n) is 11.3. The number of carbonyl (C=O) groups excluding carboxylic acids is 1. The molecule has 108 valence electrons. The van der Waals surface area contributed by atoms with Crippen molar-refractivity contribution in [3.63, 3.8) is 0 Å². The number of carbonyl (C=O) groups is 2. The van der Waals surface area contributed by atoms with Gasteiger partial charge in [0.15, 0.2) is 0 Å². The maximum Gasteiger partial charge on any atom is 0.303 e. The number of carboxylic acids is 1. The molecule has 2 rings (SSSR count). The average Bonchev–Trinajstić information content (AvgIpc) is 2.43. The second kappa shape index (κ2) is 6.50. The van der Waals surface area contributed by atoms with Crippen LogP contribution in [0.3, 0.4) is 0 Å². The van der Waals surface area contributed by atoms with E-state index >= 15 is 0 Å². The zero-order chi connectivity index (χ0) is 14.5. The van der Waals surface area contributed by atoms with Gasteiger partial charge in [-0.05, 0) is 36.5 Å². The molecule has 1 amide bonds. The van der Waals surface area contributed by atoms with E-state index in [2.05, 4.69) is 0 Å². The van der Waals surface area contributed by atoms with Gasteiger partial charge in [0, 0.05) is 25.9 Å². The molecule has 1 aromatic carbocycles. The third-order valence-electron chi connectivity index (χ3n) is 3.59. The van der Waals surface area contributed by atoms with Gasteiger partial charge in [0.05, 0.1) is 0 Å². The second-order valence-corrected chi connectivity index (χ2v) is 5.04. The van der Waals surface area contributed by atoms with Crippen LogP contribution in [0.5, 0.6) is 0 Å². The van der Waals surface area contributed by atoms with Crippen molar-refractivity contribution in [1.29, 1.82) is 0 Å². The van der Waals surface area contributed by atoms with Gasteiger partial charge in [0.25, 0.3) is 0 Å². The molecule has 0 unspecified atom stereocenters. The summed E-state index contributed by atoms with van der Waals surface area (Å²) in [6.07, 6.45) is 2.10. The summed E-state index contributed by atoms with van der Waals surface area (Å²) in [6, 6.07) is 4.96. The number of nitrogens with zero attached hydrogens (tertiary/aromatic N) is 1. The molecule has 0 atom stereocenters. The first-order valence-corrected chi connectivity index (χ1v) is 6.84. The first-order valence-electron chi connectivity index (χ1n) is 6.84.